The molecule has 0 aliphatic heterocycles. The second-order valence-electron chi connectivity index (χ2n) is 8.65. The predicted molar refractivity (Wildman–Crippen MR) is 100 cm³/mol. The van der Waals surface area contributed by atoms with Gasteiger partial charge >= 0.3 is 5.97 Å². The summed E-state index contributed by atoms with van der Waals surface area (Å²) in [4.78, 5) is 12.7. The highest BCUT2D eigenvalue weighted by molar-refractivity contribution is 5.79. The summed E-state index contributed by atoms with van der Waals surface area (Å²) in [6.45, 7) is 8.65. The van der Waals surface area contributed by atoms with Crippen molar-refractivity contribution in [3.63, 3.8) is 0 Å². The molecule has 1 atom stereocenters. The van der Waals surface area contributed by atoms with E-state index in [-0.39, 0.29) is 28.8 Å². The Hall–Kier alpha value is -2.09. The number of rotatable bonds is 3. The molecule has 0 heterocycles. The quantitative estimate of drug-likeness (QED) is 0.735. The zero-order chi connectivity index (χ0) is 17.8. The Bertz CT molecular complexity index is 803. The average molecular weight is 334 g/mol. The fourth-order valence-corrected chi connectivity index (χ4v) is 4.60. The maximum atomic E-state index is 12.7. The Kier molecular flexibility index (Phi) is 3.57. The van der Waals surface area contributed by atoms with Crippen molar-refractivity contribution < 1.29 is 9.53 Å². The number of carbonyl (C=O) groups excluding carboxylic acids is 1. The second kappa shape index (κ2) is 5.45. The Balaban J connectivity index is 1.52. The van der Waals surface area contributed by atoms with Crippen LogP contribution in [0, 0.1) is 16.7 Å². The third-order valence-corrected chi connectivity index (χ3v) is 6.78. The van der Waals surface area contributed by atoms with E-state index in [1.54, 1.807) is 0 Å². The molecule has 4 rings (SSSR count). The number of benzene rings is 2. The zero-order valence-corrected chi connectivity index (χ0v) is 15.5. The molecule has 2 nitrogen and oxygen atoms in total. The van der Waals surface area contributed by atoms with Crippen LogP contribution in [0.2, 0.25) is 0 Å². The SMILES string of the molecule is CC1(C)C(C(=O)OC2Cc3cccc(-c4ccccc4)c3C2)C1(C)C. The summed E-state index contributed by atoms with van der Waals surface area (Å²) in [5.74, 6) is -0.00799. The van der Waals surface area contributed by atoms with Crippen LogP contribution in [-0.2, 0) is 22.4 Å². The molecule has 2 aromatic rings. The number of hydrogen-bond acceptors (Lipinski definition) is 2. The normalized spacial score (nSPS) is 23.1. The second-order valence-corrected chi connectivity index (χ2v) is 8.65. The van der Waals surface area contributed by atoms with Crippen molar-refractivity contribution in [1.29, 1.82) is 0 Å². The van der Waals surface area contributed by atoms with Gasteiger partial charge in [-0.2, -0.15) is 0 Å². The molecule has 130 valence electrons. The van der Waals surface area contributed by atoms with Crippen molar-refractivity contribution in [2.45, 2.75) is 46.6 Å². The standard InChI is InChI=1S/C23H26O2/c1-22(2)20(23(22,3)4)21(24)25-17-13-16-11-8-12-18(19(16)14-17)15-9-6-5-7-10-15/h5-12,17,20H,13-14H2,1-4H3. The van der Waals surface area contributed by atoms with Crippen LogP contribution in [0.4, 0.5) is 0 Å². The van der Waals surface area contributed by atoms with Crippen LogP contribution in [0.15, 0.2) is 48.5 Å². The molecule has 0 amide bonds. The number of esters is 1. The molecule has 2 aliphatic rings. The van der Waals surface area contributed by atoms with E-state index in [4.69, 9.17) is 4.74 Å². The molecule has 1 fully saturated rings. The summed E-state index contributed by atoms with van der Waals surface area (Å²) in [6, 6.07) is 16.9. The molecule has 1 unspecified atom stereocenters. The predicted octanol–water partition coefficient (Wildman–Crippen LogP) is 5.05. The van der Waals surface area contributed by atoms with Gasteiger partial charge in [-0.15, -0.1) is 0 Å². The highest BCUT2D eigenvalue weighted by atomic mass is 16.5. The van der Waals surface area contributed by atoms with E-state index < -0.39 is 0 Å². The maximum absolute atomic E-state index is 12.7. The van der Waals surface area contributed by atoms with E-state index in [0.717, 1.165) is 12.8 Å². The zero-order valence-electron chi connectivity index (χ0n) is 15.5. The first-order valence-electron chi connectivity index (χ1n) is 9.19. The monoisotopic (exact) mass is 334 g/mol. The molecular weight excluding hydrogens is 308 g/mol. The first-order chi connectivity index (χ1) is 11.8. The highest BCUT2D eigenvalue weighted by Crippen LogP contribution is 2.68. The van der Waals surface area contributed by atoms with Gasteiger partial charge in [0.25, 0.3) is 0 Å². The van der Waals surface area contributed by atoms with Crippen LogP contribution in [0.25, 0.3) is 11.1 Å². The van der Waals surface area contributed by atoms with Crippen LogP contribution in [0.3, 0.4) is 0 Å². The molecule has 0 bridgehead atoms. The van der Waals surface area contributed by atoms with Crippen LogP contribution in [-0.4, -0.2) is 12.1 Å². The lowest BCUT2D eigenvalue weighted by molar-refractivity contribution is -0.151. The van der Waals surface area contributed by atoms with Gasteiger partial charge in [0.1, 0.15) is 6.10 Å². The van der Waals surface area contributed by atoms with E-state index in [1.165, 1.54) is 22.3 Å². The summed E-state index contributed by atoms with van der Waals surface area (Å²) in [7, 11) is 0. The van der Waals surface area contributed by atoms with Gasteiger partial charge in [-0.3, -0.25) is 4.79 Å². The summed E-state index contributed by atoms with van der Waals surface area (Å²) in [5, 5.41) is 0. The molecule has 0 spiro atoms. The summed E-state index contributed by atoms with van der Waals surface area (Å²) >= 11 is 0. The minimum atomic E-state index is -0.0282. The lowest BCUT2D eigenvalue weighted by Crippen LogP contribution is -2.21. The van der Waals surface area contributed by atoms with E-state index in [9.17, 15) is 4.79 Å². The Morgan fingerprint density at radius 2 is 1.60 bits per heavy atom. The highest BCUT2D eigenvalue weighted by Gasteiger charge is 2.69. The summed E-state index contributed by atoms with van der Waals surface area (Å²) in [5.41, 5.74) is 5.21. The number of carbonyl (C=O) groups is 1. The number of ether oxygens (including phenoxy) is 1. The van der Waals surface area contributed by atoms with Crippen LogP contribution >= 0.6 is 0 Å². The van der Waals surface area contributed by atoms with Crippen molar-refractivity contribution >= 4 is 5.97 Å². The van der Waals surface area contributed by atoms with E-state index in [0.29, 0.717) is 0 Å². The van der Waals surface area contributed by atoms with Crippen molar-refractivity contribution in [3.05, 3.63) is 59.7 Å². The van der Waals surface area contributed by atoms with Gasteiger partial charge in [-0.05, 0) is 33.1 Å². The van der Waals surface area contributed by atoms with E-state index in [1.807, 2.05) is 6.07 Å². The first kappa shape index (κ1) is 16.4. The molecule has 2 aromatic carbocycles. The lowest BCUT2D eigenvalue weighted by atomic mass is 9.97. The third-order valence-electron chi connectivity index (χ3n) is 6.78. The Morgan fingerprint density at radius 1 is 0.920 bits per heavy atom. The van der Waals surface area contributed by atoms with E-state index in [2.05, 4.69) is 70.2 Å². The van der Waals surface area contributed by atoms with E-state index >= 15 is 0 Å². The van der Waals surface area contributed by atoms with Gasteiger partial charge in [0, 0.05) is 12.8 Å². The fraction of sp³-hybridized carbons (Fsp3) is 0.435. The Labute approximate surface area is 150 Å². The smallest absolute Gasteiger partial charge is 0.310 e. The van der Waals surface area contributed by atoms with Crippen molar-refractivity contribution in [2.24, 2.45) is 16.7 Å². The van der Waals surface area contributed by atoms with Crippen LogP contribution < -0.4 is 0 Å². The molecule has 0 radical (unpaired) electrons. The number of hydrogen-bond donors (Lipinski definition) is 0. The third kappa shape index (κ3) is 2.50. The van der Waals surface area contributed by atoms with Gasteiger partial charge in [-0.25, -0.2) is 0 Å². The van der Waals surface area contributed by atoms with Gasteiger partial charge in [0.15, 0.2) is 0 Å². The topological polar surface area (TPSA) is 26.3 Å². The minimum absolute atomic E-state index is 0.0114. The molecule has 2 heteroatoms. The van der Waals surface area contributed by atoms with Crippen molar-refractivity contribution in [1.82, 2.24) is 0 Å². The molecular formula is C23H26O2. The molecule has 0 N–H and O–H groups in total. The molecule has 2 aliphatic carbocycles. The van der Waals surface area contributed by atoms with Crippen molar-refractivity contribution in [2.75, 3.05) is 0 Å². The van der Waals surface area contributed by atoms with Crippen molar-refractivity contribution in [3.8, 4) is 11.1 Å². The molecule has 1 saturated carbocycles. The largest absolute Gasteiger partial charge is 0.461 e. The Morgan fingerprint density at radius 3 is 2.24 bits per heavy atom. The molecule has 25 heavy (non-hydrogen) atoms. The van der Waals surface area contributed by atoms with Crippen LogP contribution in [0.5, 0.6) is 0 Å². The summed E-state index contributed by atoms with van der Waals surface area (Å²) in [6.07, 6.45) is 1.62. The maximum Gasteiger partial charge on any atom is 0.310 e. The lowest BCUT2D eigenvalue weighted by Gasteiger charge is -2.13. The number of fused-ring (bicyclic) bond motifs is 1. The van der Waals surface area contributed by atoms with Gasteiger partial charge in [0.2, 0.25) is 0 Å². The fourth-order valence-electron chi connectivity index (χ4n) is 4.60. The average Bonchev–Trinajstić information content (AvgIpc) is 2.85. The molecule has 0 saturated heterocycles. The minimum Gasteiger partial charge on any atom is -0.461 e. The summed E-state index contributed by atoms with van der Waals surface area (Å²) < 4.78 is 5.94. The molecule has 0 aromatic heterocycles. The van der Waals surface area contributed by atoms with Gasteiger partial charge in [-0.1, -0.05) is 76.2 Å². The van der Waals surface area contributed by atoms with Crippen LogP contribution in [0.1, 0.15) is 38.8 Å². The van der Waals surface area contributed by atoms with Gasteiger partial charge in [0.05, 0.1) is 5.92 Å². The van der Waals surface area contributed by atoms with Gasteiger partial charge < -0.3 is 4.74 Å². The first-order valence-corrected chi connectivity index (χ1v) is 9.19.